The molecule has 0 saturated heterocycles. The highest BCUT2D eigenvalue weighted by molar-refractivity contribution is 8.00. The SMILES string of the molecule is Cc1cc(NC(=O)C(C)Sc2nc3nc(C)c(C)c(C)n3n2)on1. The smallest absolute Gasteiger partial charge is 0.253 e. The Morgan fingerprint density at radius 2 is 2.04 bits per heavy atom. The Bertz CT molecular complexity index is 916. The molecule has 0 aliphatic rings. The van der Waals surface area contributed by atoms with Gasteiger partial charge in [-0.25, -0.2) is 9.50 Å². The van der Waals surface area contributed by atoms with E-state index < -0.39 is 5.25 Å². The fraction of sp³-hybridized carbons (Fsp3) is 0.400. The second-order valence-electron chi connectivity index (χ2n) is 5.60. The summed E-state index contributed by atoms with van der Waals surface area (Å²) in [6.45, 7) is 9.49. The topological polar surface area (TPSA) is 98.2 Å². The zero-order valence-corrected chi connectivity index (χ0v) is 14.9. The van der Waals surface area contributed by atoms with Crippen LogP contribution in [-0.4, -0.2) is 35.9 Å². The van der Waals surface area contributed by atoms with Crippen LogP contribution in [0.1, 0.15) is 29.6 Å². The summed E-state index contributed by atoms with van der Waals surface area (Å²) >= 11 is 1.27. The summed E-state index contributed by atoms with van der Waals surface area (Å²) < 4.78 is 6.69. The molecule has 9 heteroatoms. The number of hydrogen-bond donors (Lipinski definition) is 1. The minimum atomic E-state index is -0.393. The van der Waals surface area contributed by atoms with Crippen LogP contribution in [0.3, 0.4) is 0 Å². The van der Waals surface area contributed by atoms with Crippen molar-refractivity contribution in [1.82, 2.24) is 24.7 Å². The van der Waals surface area contributed by atoms with Gasteiger partial charge in [0.2, 0.25) is 16.9 Å². The van der Waals surface area contributed by atoms with Crippen LogP contribution in [0, 0.1) is 27.7 Å². The van der Waals surface area contributed by atoms with Gasteiger partial charge in [-0.15, -0.1) is 5.10 Å². The predicted molar refractivity (Wildman–Crippen MR) is 90.2 cm³/mol. The Morgan fingerprint density at radius 3 is 2.71 bits per heavy atom. The summed E-state index contributed by atoms with van der Waals surface area (Å²) in [6, 6.07) is 1.66. The van der Waals surface area contributed by atoms with Crippen LogP contribution in [0.2, 0.25) is 0 Å². The quantitative estimate of drug-likeness (QED) is 0.725. The van der Waals surface area contributed by atoms with Gasteiger partial charge in [-0.3, -0.25) is 10.1 Å². The minimum absolute atomic E-state index is 0.202. The summed E-state index contributed by atoms with van der Waals surface area (Å²) in [4.78, 5) is 21.0. The molecule has 3 rings (SSSR count). The standard InChI is InChI=1S/C15H18N6O2S/c1-7-6-12(23-20-7)17-13(22)11(5)24-15-18-14-16-9(3)8(2)10(4)21(14)19-15/h6,11H,1-5H3,(H,17,22). The van der Waals surface area contributed by atoms with Gasteiger partial charge in [0.1, 0.15) is 0 Å². The van der Waals surface area contributed by atoms with E-state index in [4.69, 9.17) is 4.52 Å². The lowest BCUT2D eigenvalue weighted by molar-refractivity contribution is -0.115. The minimum Gasteiger partial charge on any atom is -0.338 e. The second-order valence-corrected chi connectivity index (χ2v) is 6.90. The van der Waals surface area contributed by atoms with Crippen molar-refractivity contribution >= 4 is 29.3 Å². The number of carbonyl (C=O) groups excluding carboxylic acids is 1. The summed E-state index contributed by atoms with van der Waals surface area (Å²) in [6.07, 6.45) is 0. The highest BCUT2D eigenvalue weighted by Gasteiger charge is 2.20. The van der Waals surface area contributed by atoms with Gasteiger partial charge < -0.3 is 4.52 Å². The zero-order chi connectivity index (χ0) is 17.4. The van der Waals surface area contributed by atoms with Gasteiger partial charge in [0, 0.05) is 17.5 Å². The van der Waals surface area contributed by atoms with Gasteiger partial charge in [-0.05, 0) is 40.2 Å². The molecule has 0 spiro atoms. The van der Waals surface area contributed by atoms with Crippen LogP contribution in [0.15, 0.2) is 15.7 Å². The highest BCUT2D eigenvalue weighted by atomic mass is 32.2. The van der Waals surface area contributed by atoms with Gasteiger partial charge in [0.15, 0.2) is 0 Å². The summed E-state index contributed by atoms with van der Waals surface area (Å²) in [5.74, 6) is 0.667. The third-order valence-corrected chi connectivity index (χ3v) is 4.72. The maximum Gasteiger partial charge on any atom is 0.253 e. The average molecular weight is 346 g/mol. The Balaban J connectivity index is 1.76. The Morgan fingerprint density at radius 1 is 1.29 bits per heavy atom. The maximum absolute atomic E-state index is 12.2. The van der Waals surface area contributed by atoms with Gasteiger partial charge in [-0.1, -0.05) is 16.9 Å². The van der Waals surface area contributed by atoms with Gasteiger partial charge in [-0.2, -0.15) is 4.98 Å². The van der Waals surface area contributed by atoms with Crippen LogP contribution >= 0.6 is 11.8 Å². The van der Waals surface area contributed by atoms with E-state index in [9.17, 15) is 4.79 Å². The number of aryl methyl sites for hydroxylation is 3. The van der Waals surface area contributed by atoms with Gasteiger partial charge >= 0.3 is 0 Å². The lowest BCUT2D eigenvalue weighted by Crippen LogP contribution is -2.22. The van der Waals surface area contributed by atoms with E-state index in [-0.39, 0.29) is 5.91 Å². The van der Waals surface area contributed by atoms with E-state index in [0.29, 0.717) is 22.5 Å². The molecule has 0 radical (unpaired) electrons. The Labute approximate surface area is 143 Å². The first-order chi connectivity index (χ1) is 11.3. The van der Waals surface area contributed by atoms with E-state index in [1.54, 1.807) is 24.4 Å². The molecule has 0 aliphatic carbocycles. The van der Waals surface area contributed by atoms with Crippen molar-refractivity contribution in [3.05, 3.63) is 28.7 Å². The van der Waals surface area contributed by atoms with Gasteiger partial charge in [0.25, 0.3) is 5.78 Å². The molecule has 0 saturated carbocycles. The number of fused-ring (bicyclic) bond motifs is 1. The van der Waals surface area contributed by atoms with Crippen molar-refractivity contribution < 1.29 is 9.32 Å². The highest BCUT2D eigenvalue weighted by Crippen LogP contribution is 2.23. The van der Waals surface area contributed by atoms with Crippen molar-refractivity contribution in [2.75, 3.05) is 5.32 Å². The van der Waals surface area contributed by atoms with E-state index in [1.807, 2.05) is 20.8 Å². The van der Waals surface area contributed by atoms with Crippen LogP contribution in [0.25, 0.3) is 5.78 Å². The number of rotatable bonds is 4. The molecule has 1 N–H and O–H groups in total. The van der Waals surface area contributed by atoms with E-state index >= 15 is 0 Å². The number of carbonyl (C=O) groups is 1. The monoisotopic (exact) mass is 346 g/mol. The number of anilines is 1. The van der Waals surface area contributed by atoms with Crippen molar-refractivity contribution in [2.45, 2.75) is 45.0 Å². The molecular formula is C15H18N6O2S. The third-order valence-electron chi connectivity index (χ3n) is 3.77. The second kappa shape index (κ2) is 6.23. The first-order valence-corrected chi connectivity index (χ1v) is 8.34. The molecule has 1 unspecified atom stereocenters. The Kier molecular flexibility index (Phi) is 4.27. The first-order valence-electron chi connectivity index (χ1n) is 7.46. The molecule has 0 aliphatic heterocycles. The van der Waals surface area contributed by atoms with Crippen molar-refractivity contribution in [1.29, 1.82) is 0 Å². The summed E-state index contributed by atoms with van der Waals surface area (Å²) in [5, 5.41) is 11.0. The zero-order valence-electron chi connectivity index (χ0n) is 14.1. The Hall–Kier alpha value is -2.42. The lowest BCUT2D eigenvalue weighted by atomic mass is 10.2. The van der Waals surface area contributed by atoms with Crippen LogP contribution in [-0.2, 0) is 4.79 Å². The third kappa shape index (κ3) is 3.12. The van der Waals surface area contributed by atoms with Crippen molar-refractivity contribution in [3.63, 3.8) is 0 Å². The van der Waals surface area contributed by atoms with E-state index in [1.165, 1.54) is 11.8 Å². The average Bonchev–Trinajstić information content (AvgIpc) is 3.11. The number of nitrogens with one attached hydrogen (secondary N) is 1. The largest absolute Gasteiger partial charge is 0.338 e. The molecule has 8 nitrogen and oxygen atoms in total. The normalized spacial score (nSPS) is 12.5. The molecule has 0 aromatic carbocycles. The van der Waals surface area contributed by atoms with Crippen LogP contribution in [0.4, 0.5) is 5.88 Å². The number of thioether (sulfide) groups is 1. The number of nitrogens with zero attached hydrogens (tertiary/aromatic N) is 5. The molecule has 3 aromatic rings. The van der Waals surface area contributed by atoms with Crippen LogP contribution < -0.4 is 5.32 Å². The molecule has 126 valence electrons. The summed E-state index contributed by atoms with van der Waals surface area (Å²) in [5.41, 5.74) is 3.71. The number of amides is 1. The fourth-order valence-electron chi connectivity index (χ4n) is 2.14. The van der Waals surface area contributed by atoms with Crippen molar-refractivity contribution in [3.8, 4) is 0 Å². The molecule has 3 aromatic heterocycles. The van der Waals surface area contributed by atoms with E-state index in [2.05, 4.69) is 25.5 Å². The van der Waals surface area contributed by atoms with Crippen molar-refractivity contribution in [2.24, 2.45) is 0 Å². The molecule has 24 heavy (non-hydrogen) atoms. The fourth-order valence-corrected chi connectivity index (χ4v) is 2.89. The number of aromatic nitrogens is 5. The van der Waals surface area contributed by atoms with E-state index in [0.717, 1.165) is 17.0 Å². The molecule has 0 bridgehead atoms. The molecule has 1 atom stereocenters. The van der Waals surface area contributed by atoms with Crippen LogP contribution in [0.5, 0.6) is 0 Å². The molecular weight excluding hydrogens is 328 g/mol. The lowest BCUT2D eigenvalue weighted by Gasteiger charge is -2.07. The predicted octanol–water partition coefficient (Wildman–Crippen LogP) is 2.47. The molecule has 1 amide bonds. The summed E-state index contributed by atoms with van der Waals surface area (Å²) in [7, 11) is 0. The maximum atomic E-state index is 12.2. The molecule has 0 fully saturated rings. The first kappa shape index (κ1) is 16.4. The number of hydrogen-bond acceptors (Lipinski definition) is 7. The van der Waals surface area contributed by atoms with Gasteiger partial charge in [0.05, 0.1) is 10.9 Å². The molecule has 3 heterocycles.